The Morgan fingerprint density at radius 3 is 2.16 bits per heavy atom. The Morgan fingerprint density at radius 1 is 0.947 bits per heavy atom. The Balaban J connectivity index is 2.22. The highest BCUT2D eigenvalue weighted by Crippen LogP contribution is 2.22. The molecule has 2 aromatic carbocycles. The molecule has 1 unspecified atom stereocenters. The molecule has 0 aliphatic carbocycles. The van der Waals surface area contributed by atoms with Crippen LogP contribution in [-0.4, -0.2) is 0 Å². The summed E-state index contributed by atoms with van der Waals surface area (Å²) >= 11 is 0. The fourth-order valence-corrected chi connectivity index (χ4v) is 1.91. The quantitative estimate of drug-likeness (QED) is 0.842. The molecule has 0 heterocycles. The van der Waals surface area contributed by atoms with Crippen molar-refractivity contribution in [3.05, 3.63) is 70.5 Å². The first kappa shape index (κ1) is 13.6. The summed E-state index contributed by atoms with van der Waals surface area (Å²) in [5, 5.41) is 0. The summed E-state index contributed by atoms with van der Waals surface area (Å²) in [5.41, 5.74) is 7.87. The molecule has 4 heteroatoms. The first-order valence-electron chi connectivity index (χ1n) is 5.93. The molecule has 1 atom stereocenters. The third kappa shape index (κ3) is 3.15. The van der Waals surface area contributed by atoms with E-state index in [0.29, 0.717) is 12.5 Å². The van der Waals surface area contributed by atoms with Gasteiger partial charge in [-0.3, -0.25) is 0 Å². The van der Waals surface area contributed by atoms with Crippen molar-refractivity contribution in [2.24, 2.45) is 5.73 Å². The van der Waals surface area contributed by atoms with Gasteiger partial charge >= 0.3 is 0 Å². The number of halogens is 3. The molecule has 19 heavy (non-hydrogen) atoms. The molecule has 2 aromatic rings. The molecule has 2 N–H and O–H groups in total. The molecule has 0 aliphatic rings. The number of hydrogen-bond donors (Lipinski definition) is 1. The van der Waals surface area contributed by atoms with E-state index in [1.165, 1.54) is 0 Å². The maximum absolute atomic E-state index is 13.6. The molecule has 2 rings (SSSR count). The van der Waals surface area contributed by atoms with E-state index in [9.17, 15) is 13.2 Å². The van der Waals surface area contributed by atoms with Crippen LogP contribution in [0, 0.1) is 24.4 Å². The molecule has 0 amide bonds. The van der Waals surface area contributed by atoms with Crippen LogP contribution in [0.5, 0.6) is 0 Å². The Morgan fingerprint density at radius 2 is 1.53 bits per heavy atom. The van der Waals surface area contributed by atoms with Gasteiger partial charge < -0.3 is 5.73 Å². The van der Waals surface area contributed by atoms with E-state index in [1.807, 2.05) is 31.2 Å². The summed E-state index contributed by atoms with van der Waals surface area (Å²) in [6.45, 7) is 1.96. The molecule has 0 aromatic heterocycles. The second-order valence-corrected chi connectivity index (χ2v) is 4.58. The van der Waals surface area contributed by atoms with Crippen molar-refractivity contribution in [2.45, 2.75) is 19.4 Å². The number of benzene rings is 2. The molecule has 0 saturated heterocycles. The minimum absolute atomic E-state index is 0.0144. The number of hydrogen-bond acceptors (Lipinski definition) is 1. The van der Waals surface area contributed by atoms with Gasteiger partial charge in [-0.05, 0) is 25.0 Å². The van der Waals surface area contributed by atoms with E-state index in [2.05, 4.69) is 0 Å². The zero-order valence-corrected chi connectivity index (χ0v) is 10.5. The molecule has 0 aliphatic heterocycles. The van der Waals surface area contributed by atoms with Gasteiger partial charge in [0.2, 0.25) is 0 Å². The van der Waals surface area contributed by atoms with Crippen molar-refractivity contribution in [3.63, 3.8) is 0 Å². The van der Waals surface area contributed by atoms with E-state index in [0.717, 1.165) is 17.2 Å². The Bertz CT molecular complexity index is 579. The van der Waals surface area contributed by atoms with Gasteiger partial charge in [0.25, 0.3) is 0 Å². The summed E-state index contributed by atoms with van der Waals surface area (Å²) in [7, 11) is 0. The molecule has 0 bridgehead atoms. The van der Waals surface area contributed by atoms with Crippen molar-refractivity contribution >= 4 is 0 Å². The molecule has 1 nitrogen and oxygen atoms in total. The van der Waals surface area contributed by atoms with Crippen LogP contribution in [0.3, 0.4) is 0 Å². The van der Waals surface area contributed by atoms with Gasteiger partial charge in [-0.25, -0.2) is 13.2 Å². The predicted octanol–water partition coefficient (Wildman–Crippen LogP) is 3.65. The summed E-state index contributed by atoms with van der Waals surface area (Å²) in [6.07, 6.45) is 0.363. The average molecular weight is 265 g/mol. The third-order valence-electron chi connectivity index (χ3n) is 3.02. The van der Waals surface area contributed by atoms with Crippen LogP contribution in [0.1, 0.15) is 22.7 Å². The van der Waals surface area contributed by atoms with Crippen LogP contribution in [0.15, 0.2) is 36.4 Å². The lowest BCUT2D eigenvalue weighted by molar-refractivity contribution is 0.484. The van der Waals surface area contributed by atoms with Gasteiger partial charge in [-0.1, -0.05) is 29.8 Å². The van der Waals surface area contributed by atoms with Crippen molar-refractivity contribution in [3.8, 4) is 0 Å². The second kappa shape index (κ2) is 5.45. The highest BCUT2D eigenvalue weighted by Gasteiger charge is 2.16. The topological polar surface area (TPSA) is 26.0 Å². The normalized spacial score (nSPS) is 12.5. The summed E-state index contributed by atoms with van der Waals surface area (Å²) < 4.78 is 39.5. The van der Waals surface area contributed by atoms with Crippen molar-refractivity contribution in [1.82, 2.24) is 0 Å². The van der Waals surface area contributed by atoms with Crippen LogP contribution in [-0.2, 0) is 6.42 Å². The lowest BCUT2D eigenvalue weighted by Gasteiger charge is -2.13. The van der Waals surface area contributed by atoms with Crippen molar-refractivity contribution in [1.29, 1.82) is 0 Å². The van der Waals surface area contributed by atoms with Crippen molar-refractivity contribution in [2.75, 3.05) is 0 Å². The molecule has 0 fully saturated rings. The summed E-state index contributed by atoms with van der Waals surface area (Å²) in [4.78, 5) is 0. The maximum atomic E-state index is 13.6. The zero-order chi connectivity index (χ0) is 14.0. The predicted molar refractivity (Wildman–Crippen MR) is 68.1 cm³/mol. The molecule has 0 spiro atoms. The lowest BCUT2D eigenvalue weighted by Crippen LogP contribution is -2.15. The van der Waals surface area contributed by atoms with E-state index in [1.54, 1.807) is 0 Å². The smallest absolute Gasteiger partial charge is 0.161 e. The fourth-order valence-electron chi connectivity index (χ4n) is 1.91. The van der Waals surface area contributed by atoms with Gasteiger partial charge in [0.1, 0.15) is 5.82 Å². The highest BCUT2D eigenvalue weighted by molar-refractivity contribution is 5.27. The van der Waals surface area contributed by atoms with E-state index in [4.69, 9.17) is 5.73 Å². The lowest BCUT2D eigenvalue weighted by atomic mass is 9.98. The number of rotatable bonds is 3. The molecular formula is C15H14F3N. The van der Waals surface area contributed by atoms with Gasteiger partial charge in [-0.2, -0.15) is 0 Å². The maximum Gasteiger partial charge on any atom is 0.161 e. The van der Waals surface area contributed by atoms with Gasteiger partial charge in [-0.15, -0.1) is 0 Å². The monoisotopic (exact) mass is 265 g/mol. The van der Waals surface area contributed by atoms with E-state index >= 15 is 0 Å². The molecule has 0 saturated carbocycles. The minimum Gasteiger partial charge on any atom is -0.324 e. The second-order valence-electron chi connectivity index (χ2n) is 4.58. The summed E-state index contributed by atoms with van der Waals surface area (Å²) in [6, 6.07) is 8.24. The Labute approximate surface area is 109 Å². The first-order chi connectivity index (χ1) is 8.97. The average Bonchev–Trinajstić information content (AvgIpc) is 2.36. The van der Waals surface area contributed by atoms with Crippen LogP contribution in [0.25, 0.3) is 0 Å². The summed E-state index contributed by atoms with van der Waals surface area (Å²) in [5.74, 6) is -3.11. The molecule has 100 valence electrons. The number of nitrogens with two attached hydrogens (primary N) is 1. The van der Waals surface area contributed by atoms with Gasteiger partial charge in [0.05, 0.1) is 0 Å². The standard InChI is InChI=1S/C15H14F3N/c1-9-2-4-10(5-3-9)6-15(19)11-7-13(17)14(18)8-12(11)16/h2-5,7-8,15H,6,19H2,1H3. The van der Waals surface area contributed by atoms with Gasteiger partial charge in [0, 0.05) is 17.7 Å². The van der Waals surface area contributed by atoms with Crippen LogP contribution in [0.4, 0.5) is 13.2 Å². The fraction of sp³-hybridized carbons (Fsp3) is 0.200. The molecule has 0 radical (unpaired) electrons. The highest BCUT2D eigenvalue weighted by atomic mass is 19.2. The Hall–Kier alpha value is -1.81. The van der Waals surface area contributed by atoms with Crippen LogP contribution in [0.2, 0.25) is 0 Å². The van der Waals surface area contributed by atoms with Gasteiger partial charge in [0.15, 0.2) is 11.6 Å². The van der Waals surface area contributed by atoms with E-state index < -0.39 is 23.5 Å². The molecular weight excluding hydrogens is 251 g/mol. The van der Waals surface area contributed by atoms with Crippen LogP contribution >= 0.6 is 0 Å². The third-order valence-corrected chi connectivity index (χ3v) is 3.02. The SMILES string of the molecule is Cc1ccc(CC(N)c2cc(F)c(F)cc2F)cc1. The largest absolute Gasteiger partial charge is 0.324 e. The van der Waals surface area contributed by atoms with Crippen molar-refractivity contribution < 1.29 is 13.2 Å². The van der Waals surface area contributed by atoms with E-state index in [-0.39, 0.29) is 5.56 Å². The first-order valence-corrected chi connectivity index (χ1v) is 5.93. The Kier molecular flexibility index (Phi) is 3.90. The zero-order valence-electron chi connectivity index (χ0n) is 10.5. The van der Waals surface area contributed by atoms with Crippen LogP contribution < -0.4 is 5.73 Å². The number of aryl methyl sites for hydroxylation is 1. The minimum atomic E-state index is -1.20.